The number of pyridine rings is 1. The third kappa shape index (κ3) is 3.16. The average molecular weight is 316 g/mol. The second kappa shape index (κ2) is 6.18. The van der Waals surface area contributed by atoms with Crippen molar-refractivity contribution >= 4 is 17.6 Å². The molecular weight excluding hydrogens is 292 g/mol. The maximum Gasteiger partial charge on any atom is 0.318 e. The molecular formula is C17H24N4O2. The number of carbonyl (C=O) groups excluding carboxylic acids is 2. The summed E-state index contributed by atoms with van der Waals surface area (Å²) in [5.74, 6) is -0.0467. The van der Waals surface area contributed by atoms with Crippen molar-refractivity contribution in [1.29, 1.82) is 0 Å². The van der Waals surface area contributed by atoms with Gasteiger partial charge >= 0.3 is 6.03 Å². The lowest BCUT2D eigenvalue weighted by Gasteiger charge is -2.36. The molecule has 1 aromatic heterocycles. The molecule has 124 valence electrons. The number of nitrogens with one attached hydrogen (secondary N) is 1. The lowest BCUT2D eigenvalue weighted by molar-refractivity contribution is -0.121. The fourth-order valence-electron chi connectivity index (χ4n) is 3.49. The maximum absolute atomic E-state index is 12.7. The van der Waals surface area contributed by atoms with E-state index < -0.39 is 6.04 Å². The molecule has 2 aliphatic rings. The van der Waals surface area contributed by atoms with E-state index in [1.165, 1.54) is 0 Å². The van der Waals surface area contributed by atoms with Crippen LogP contribution in [0, 0.1) is 0 Å². The summed E-state index contributed by atoms with van der Waals surface area (Å²) in [7, 11) is 0. The van der Waals surface area contributed by atoms with Crippen LogP contribution in [0.3, 0.4) is 0 Å². The van der Waals surface area contributed by atoms with Crippen LogP contribution in [0.2, 0.25) is 0 Å². The standard InChI is InChI=1S/C17H24N4O2/c1-17(2)8-5-11-21(17)16(23)19-14-7-4-10-20(15(14)22)13-6-3-9-18-12-13/h3,6,9,12,14H,4-5,7-8,10-11H2,1-2H3,(H,19,23)/t14-/m0/s1. The molecule has 3 rings (SSSR count). The van der Waals surface area contributed by atoms with Crippen molar-refractivity contribution in [3.8, 4) is 0 Å². The molecule has 2 saturated heterocycles. The quantitative estimate of drug-likeness (QED) is 0.909. The molecule has 1 aromatic rings. The van der Waals surface area contributed by atoms with Crippen molar-refractivity contribution in [2.75, 3.05) is 18.0 Å². The summed E-state index contributed by atoms with van der Waals surface area (Å²) in [5.41, 5.74) is 0.656. The van der Waals surface area contributed by atoms with E-state index in [2.05, 4.69) is 24.1 Å². The third-order valence-corrected chi connectivity index (χ3v) is 4.84. The summed E-state index contributed by atoms with van der Waals surface area (Å²) < 4.78 is 0. The highest BCUT2D eigenvalue weighted by Gasteiger charge is 2.38. The van der Waals surface area contributed by atoms with Crippen LogP contribution in [0.1, 0.15) is 39.5 Å². The van der Waals surface area contributed by atoms with Crippen LogP contribution in [-0.4, -0.2) is 46.5 Å². The molecule has 0 aromatic carbocycles. The lowest BCUT2D eigenvalue weighted by atomic mass is 10.0. The molecule has 2 fully saturated rings. The van der Waals surface area contributed by atoms with Gasteiger partial charge in [0, 0.05) is 24.8 Å². The number of piperidine rings is 1. The summed E-state index contributed by atoms with van der Waals surface area (Å²) >= 11 is 0. The van der Waals surface area contributed by atoms with E-state index in [4.69, 9.17) is 0 Å². The maximum atomic E-state index is 12.7. The minimum atomic E-state index is -0.451. The Kier molecular flexibility index (Phi) is 4.24. The number of aromatic nitrogens is 1. The molecule has 0 saturated carbocycles. The van der Waals surface area contributed by atoms with Crippen molar-refractivity contribution in [2.45, 2.75) is 51.1 Å². The van der Waals surface area contributed by atoms with Gasteiger partial charge in [0.15, 0.2) is 0 Å². The Hall–Kier alpha value is -2.11. The third-order valence-electron chi connectivity index (χ3n) is 4.84. The number of hydrogen-bond acceptors (Lipinski definition) is 3. The van der Waals surface area contributed by atoms with Crippen molar-refractivity contribution in [1.82, 2.24) is 15.2 Å². The van der Waals surface area contributed by atoms with Gasteiger partial charge < -0.3 is 15.1 Å². The van der Waals surface area contributed by atoms with Crippen LogP contribution in [0.4, 0.5) is 10.5 Å². The van der Waals surface area contributed by atoms with E-state index in [1.807, 2.05) is 17.0 Å². The molecule has 1 N–H and O–H groups in total. The number of nitrogens with zero attached hydrogens (tertiary/aromatic N) is 3. The second-order valence-electron chi connectivity index (χ2n) is 6.91. The number of rotatable bonds is 2. The monoisotopic (exact) mass is 316 g/mol. The van der Waals surface area contributed by atoms with Gasteiger partial charge in [0.05, 0.1) is 11.9 Å². The van der Waals surface area contributed by atoms with Gasteiger partial charge in [-0.25, -0.2) is 4.79 Å². The largest absolute Gasteiger partial charge is 0.326 e. The summed E-state index contributed by atoms with van der Waals surface area (Å²) in [4.78, 5) is 32.9. The van der Waals surface area contributed by atoms with E-state index in [9.17, 15) is 9.59 Å². The van der Waals surface area contributed by atoms with Gasteiger partial charge in [-0.1, -0.05) is 0 Å². The summed E-state index contributed by atoms with van der Waals surface area (Å²) in [6.45, 7) is 5.58. The highest BCUT2D eigenvalue weighted by Crippen LogP contribution is 2.28. The smallest absolute Gasteiger partial charge is 0.318 e. The predicted molar refractivity (Wildman–Crippen MR) is 88.2 cm³/mol. The number of amides is 3. The van der Waals surface area contributed by atoms with Crippen LogP contribution in [0.5, 0.6) is 0 Å². The molecule has 0 bridgehead atoms. The molecule has 23 heavy (non-hydrogen) atoms. The molecule has 3 amide bonds. The summed E-state index contributed by atoms with van der Waals surface area (Å²) in [6.07, 6.45) is 6.95. The average Bonchev–Trinajstić information content (AvgIpc) is 2.89. The number of urea groups is 1. The highest BCUT2D eigenvalue weighted by molar-refractivity contribution is 5.99. The Bertz CT molecular complexity index is 588. The Balaban J connectivity index is 1.68. The van der Waals surface area contributed by atoms with Crippen molar-refractivity contribution < 1.29 is 9.59 Å². The normalized spacial score (nSPS) is 23.9. The SMILES string of the molecule is CC1(C)CCCN1C(=O)N[C@H]1CCCN(c2cccnc2)C1=O. The van der Waals surface area contributed by atoms with Gasteiger partial charge in [-0.3, -0.25) is 9.78 Å². The zero-order valence-corrected chi connectivity index (χ0v) is 13.8. The minimum Gasteiger partial charge on any atom is -0.326 e. The second-order valence-corrected chi connectivity index (χ2v) is 6.91. The van der Waals surface area contributed by atoms with Crippen molar-refractivity contribution in [3.05, 3.63) is 24.5 Å². The molecule has 2 aliphatic heterocycles. The first-order valence-electron chi connectivity index (χ1n) is 8.28. The Morgan fingerprint density at radius 3 is 2.83 bits per heavy atom. The number of anilines is 1. The lowest BCUT2D eigenvalue weighted by Crippen LogP contribution is -2.57. The zero-order chi connectivity index (χ0) is 16.4. The van der Waals surface area contributed by atoms with E-state index in [-0.39, 0.29) is 17.5 Å². The van der Waals surface area contributed by atoms with E-state index in [1.54, 1.807) is 17.3 Å². The number of hydrogen-bond donors (Lipinski definition) is 1. The molecule has 6 heteroatoms. The molecule has 3 heterocycles. The fourth-order valence-corrected chi connectivity index (χ4v) is 3.49. The topological polar surface area (TPSA) is 65.5 Å². The van der Waals surface area contributed by atoms with Crippen LogP contribution in [-0.2, 0) is 4.79 Å². The Morgan fingerprint density at radius 2 is 2.17 bits per heavy atom. The van der Waals surface area contributed by atoms with Crippen LogP contribution < -0.4 is 10.2 Å². The van der Waals surface area contributed by atoms with E-state index >= 15 is 0 Å². The van der Waals surface area contributed by atoms with E-state index in [0.717, 1.165) is 31.5 Å². The summed E-state index contributed by atoms with van der Waals surface area (Å²) in [6, 6.07) is 3.11. The van der Waals surface area contributed by atoms with Crippen LogP contribution >= 0.6 is 0 Å². The first kappa shape index (κ1) is 15.8. The predicted octanol–water partition coefficient (Wildman–Crippen LogP) is 2.16. The van der Waals surface area contributed by atoms with Crippen molar-refractivity contribution in [3.63, 3.8) is 0 Å². The van der Waals surface area contributed by atoms with Gasteiger partial charge in [-0.15, -0.1) is 0 Å². The first-order chi connectivity index (χ1) is 11.0. The first-order valence-corrected chi connectivity index (χ1v) is 8.28. The molecule has 6 nitrogen and oxygen atoms in total. The Labute approximate surface area is 136 Å². The fraction of sp³-hybridized carbons (Fsp3) is 0.588. The van der Waals surface area contributed by atoms with Crippen molar-refractivity contribution in [2.24, 2.45) is 0 Å². The molecule has 0 aliphatic carbocycles. The molecule has 1 atom stereocenters. The van der Waals surface area contributed by atoms with Gasteiger partial charge in [0.1, 0.15) is 6.04 Å². The van der Waals surface area contributed by atoms with Gasteiger partial charge in [0.25, 0.3) is 0 Å². The molecule has 0 spiro atoms. The van der Waals surface area contributed by atoms with E-state index in [0.29, 0.717) is 13.0 Å². The van der Waals surface area contributed by atoms with Gasteiger partial charge in [0.2, 0.25) is 5.91 Å². The highest BCUT2D eigenvalue weighted by atomic mass is 16.2. The number of likely N-dealkylation sites (tertiary alicyclic amines) is 1. The minimum absolute atomic E-state index is 0.0467. The summed E-state index contributed by atoms with van der Waals surface area (Å²) in [5, 5.41) is 2.94. The zero-order valence-electron chi connectivity index (χ0n) is 13.8. The number of carbonyl (C=O) groups is 2. The molecule has 0 radical (unpaired) electrons. The van der Waals surface area contributed by atoms with Gasteiger partial charge in [-0.2, -0.15) is 0 Å². The van der Waals surface area contributed by atoms with Crippen LogP contribution in [0.25, 0.3) is 0 Å². The molecule has 0 unspecified atom stereocenters. The Morgan fingerprint density at radius 1 is 1.35 bits per heavy atom. The van der Waals surface area contributed by atoms with Gasteiger partial charge in [-0.05, 0) is 51.7 Å². The van der Waals surface area contributed by atoms with Crippen LogP contribution in [0.15, 0.2) is 24.5 Å².